The second-order valence-corrected chi connectivity index (χ2v) is 1.78. The molecular formula is C4H5F3S. The Morgan fingerprint density at radius 3 is 1.88 bits per heavy atom. The molecule has 0 aromatic rings. The van der Waals surface area contributed by atoms with Gasteiger partial charge >= 0.3 is 6.18 Å². The molecular weight excluding hydrogens is 137 g/mol. The zero-order valence-electron chi connectivity index (χ0n) is 3.94. The van der Waals surface area contributed by atoms with E-state index in [2.05, 4.69) is 19.2 Å². The molecule has 1 atom stereocenters. The number of hydrogen-bond donors (Lipinski definition) is 1. The molecule has 0 aliphatic carbocycles. The number of thiol groups is 1. The van der Waals surface area contributed by atoms with Crippen molar-refractivity contribution in [3.8, 4) is 0 Å². The van der Waals surface area contributed by atoms with Gasteiger partial charge in [-0.1, -0.05) is 6.08 Å². The van der Waals surface area contributed by atoms with Gasteiger partial charge in [-0.2, -0.15) is 25.8 Å². The minimum absolute atomic E-state index is 0.739. The molecule has 0 saturated heterocycles. The third-order valence-corrected chi connectivity index (χ3v) is 1.06. The quantitative estimate of drug-likeness (QED) is 0.420. The third kappa shape index (κ3) is 2.26. The van der Waals surface area contributed by atoms with E-state index in [1.807, 2.05) is 0 Å². The van der Waals surface area contributed by atoms with Crippen LogP contribution in [0.2, 0.25) is 0 Å². The topological polar surface area (TPSA) is 0 Å². The standard InChI is InChI=1S/C4H5F3S/c1-2-3(8)4(5,6)7/h2-3,8H,1H2. The zero-order chi connectivity index (χ0) is 6.78. The van der Waals surface area contributed by atoms with Crippen LogP contribution in [0.1, 0.15) is 0 Å². The van der Waals surface area contributed by atoms with E-state index in [1.54, 1.807) is 0 Å². The van der Waals surface area contributed by atoms with Gasteiger partial charge in [-0.25, -0.2) is 0 Å². The molecule has 0 nitrogen and oxygen atoms in total. The Bertz CT molecular complexity index is 85.8. The summed E-state index contributed by atoms with van der Waals surface area (Å²) in [5.41, 5.74) is 0. The van der Waals surface area contributed by atoms with Crippen LogP contribution in [-0.4, -0.2) is 11.4 Å². The molecule has 0 aromatic carbocycles. The summed E-state index contributed by atoms with van der Waals surface area (Å²) < 4.78 is 33.9. The molecule has 0 heterocycles. The second kappa shape index (κ2) is 2.44. The monoisotopic (exact) mass is 142 g/mol. The molecule has 0 aliphatic rings. The Balaban J connectivity index is 3.80. The van der Waals surface area contributed by atoms with Crippen molar-refractivity contribution in [2.45, 2.75) is 11.4 Å². The fourth-order valence-corrected chi connectivity index (χ4v) is 0.134. The molecule has 0 N–H and O–H groups in total. The minimum Gasteiger partial charge on any atom is -0.169 e. The van der Waals surface area contributed by atoms with Crippen molar-refractivity contribution in [1.82, 2.24) is 0 Å². The zero-order valence-corrected chi connectivity index (χ0v) is 4.84. The van der Waals surface area contributed by atoms with Crippen LogP contribution >= 0.6 is 12.6 Å². The maximum absolute atomic E-state index is 11.3. The highest BCUT2D eigenvalue weighted by Crippen LogP contribution is 2.24. The first-order valence-corrected chi connectivity index (χ1v) is 2.37. The lowest BCUT2D eigenvalue weighted by Gasteiger charge is -2.08. The molecule has 0 aliphatic heterocycles. The first-order valence-electron chi connectivity index (χ1n) is 1.86. The first kappa shape index (κ1) is 7.88. The number of halogens is 3. The smallest absolute Gasteiger partial charge is 0.169 e. The second-order valence-electron chi connectivity index (χ2n) is 1.22. The summed E-state index contributed by atoms with van der Waals surface area (Å²) >= 11 is 3.17. The molecule has 4 heteroatoms. The van der Waals surface area contributed by atoms with E-state index >= 15 is 0 Å². The Morgan fingerprint density at radius 1 is 1.50 bits per heavy atom. The molecule has 1 unspecified atom stereocenters. The summed E-state index contributed by atoms with van der Waals surface area (Å²) in [6.07, 6.45) is -3.51. The van der Waals surface area contributed by atoms with E-state index in [9.17, 15) is 13.2 Å². The van der Waals surface area contributed by atoms with Crippen LogP contribution in [0.5, 0.6) is 0 Å². The maximum atomic E-state index is 11.3. The van der Waals surface area contributed by atoms with Crippen LogP contribution in [0.25, 0.3) is 0 Å². The van der Waals surface area contributed by atoms with Gasteiger partial charge in [0.15, 0.2) is 0 Å². The van der Waals surface area contributed by atoms with Crippen molar-refractivity contribution >= 4 is 12.6 Å². The van der Waals surface area contributed by atoms with Crippen molar-refractivity contribution < 1.29 is 13.2 Å². The van der Waals surface area contributed by atoms with Gasteiger partial charge in [0.05, 0.1) is 0 Å². The predicted molar refractivity (Wildman–Crippen MR) is 29.0 cm³/mol. The Hall–Kier alpha value is -0.120. The fourth-order valence-electron chi connectivity index (χ4n) is 0.134. The van der Waals surface area contributed by atoms with E-state index in [-0.39, 0.29) is 0 Å². The highest BCUT2D eigenvalue weighted by Gasteiger charge is 2.34. The summed E-state index contributed by atoms with van der Waals surface area (Å²) in [6.45, 7) is 2.93. The average Bonchev–Trinajstić information content (AvgIpc) is 1.62. The largest absolute Gasteiger partial charge is 0.403 e. The minimum atomic E-state index is -4.25. The molecule has 0 rings (SSSR count). The highest BCUT2D eigenvalue weighted by molar-refractivity contribution is 7.81. The first-order chi connectivity index (χ1) is 3.48. The SMILES string of the molecule is C=CC(S)C(F)(F)F. The molecule has 0 amide bonds. The van der Waals surface area contributed by atoms with Crippen LogP contribution in [0.4, 0.5) is 13.2 Å². The molecule has 0 saturated carbocycles. The van der Waals surface area contributed by atoms with Gasteiger partial charge in [0, 0.05) is 0 Å². The van der Waals surface area contributed by atoms with Crippen LogP contribution in [0.3, 0.4) is 0 Å². The molecule has 0 aromatic heterocycles. The van der Waals surface area contributed by atoms with Crippen molar-refractivity contribution in [2.24, 2.45) is 0 Å². The Morgan fingerprint density at radius 2 is 1.88 bits per heavy atom. The van der Waals surface area contributed by atoms with Crippen LogP contribution < -0.4 is 0 Å². The summed E-state index contributed by atoms with van der Waals surface area (Å²) in [5, 5.41) is -1.69. The normalized spacial score (nSPS) is 15.5. The molecule has 48 valence electrons. The van der Waals surface area contributed by atoms with Gasteiger partial charge in [0.25, 0.3) is 0 Å². The van der Waals surface area contributed by atoms with Gasteiger partial charge in [0.2, 0.25) is 0 Å². The van der Waals surface area contributed by atoms with Crippen molar-refractivity contribution in [2.75, 3.05) is 0 Å². The van der Waals surface area contributed by atoms with Gasteiger partial charge in [-0.3, -0.25) is 0 Å². The van der Waals surface area contributed by atoms with Crippen LogP contribution in [0.15, 0.2) is 12.7 Å². The van der Waals surface area contributed by atoms with E-state index in [1.165, 1.54) is 0 Å². The van der Waals surface area contributed by atoms with Gasteiger partial charge in [-0.15, -0.1) is 6.58 Å². The van der Waals surface area contributed by atoms with E-state index in [0.29, 0.717) is 0 Å². The number of alkyl halides is 3. The lowest BCUT2D eigenvalue weighted by atomic mass is 10.4. The van der Waals surface area contributed by atoms with E-state index < -0.39 is 11.4 Å². The fraction of sp³-hybridized carbons (Fsp3) is 0.500. The van der Waals surface area contributed by atoms with Crippen LogP contribution in [-0.2, 0) is 0 Å². The molecule has 0 bridgehead atoms. The highest BCUT2D eigenvalue weighted by atomic mass is 32.1. The number of rotatable bonds is 1. The van der Waals surface area contributed by atoms with Gasteiger partial charge in [-0.05, 0) is 0 Å². The van der Waals surface area contributed by atoms with Crippen molar-refractivity contribution in [3.05, 3.63) is 12.7 Å². The van der Waals surface area contributed by atoms with Gasteiger partial charge < -0.3 is 0 Å². The Kier molecular flexibility index (Phi) is 2.40. The molecule has 0 spiro atoms. The van der Waals surface area contributed by atoms with Gasteiger partial charge in [0.1, 0.15) is 5.25 Å². The number of hydrogen-bond acceptors (Lipinski definition) is 1. The lowest BCUT2D eigenvalue weighted by molar-refractivity contribution is -0.119. The average molecular weight is 142 g/mol. The summed E-state index contributed by atoms with van der Waals surface area (Å²) in [4.78, 5) is 0. The summed E-state index contributed by atoms with van der Waals surface area (Å²) in [7, 11) is 0. The molecule has 8 heavy (non-hydrogen) atoms. The summed E-state index contributed by atoms with van der Waals surface area (Å²) in [5.74, 6) is 0. The van der Waals surface area contributed by atoms with Crippen molar-refractivity contribution in [1.29, 1.82) is 0 Å². The molecule has 0 radical (unpaired) electrons. The third-order valence-electron chi connectivity index (χ3n) is 0.559. The predicted octanol–water partition coefficient (Wildman–Crippen LogP) is 2.03. The Labute approximate surface area is 50.8 Å². The van der Waals surface area contributed by atoms with E-state index in [4.69, 9.17) is 0 Å². The maximum Gasteiger partial charge on any atom is 0.403 e. The van der Waals surface area contributed by atoms with Crippen LogP contribution in [0, 0.1) is 0 Å². The molecule has 0 fully saturated rings. The summed E-state index contributed by atoms with van der Waals surface area (Å²) in [6, 6.07) is 0. The van der Waals surface area contributed by atoms with Crippen molar-refractivity contribution in [3.63, 3.8) is 0 Å². The lowest BCUT2D eigenvalue weighted by Crippen LogP contribution is -2.20. The van der Waals surface area contributed by atoms with E-state index in [0.717, 1.165) is 6.08 Å².